The third-order valence-electron chi connectivity index (χ3n) is 7.71. The zero-order chi connectivity index (χ0) is 28.6. The lowest BCUT2D eigenvalue weighted by atomic mass is 9.75. The molecule has 0 N–H and O–H groups in total. The second-order valence-electron chi connectivity index (χ2n) is 11.2. The van der Waals surface area contributed by atoms with E-state index in [2.05, 4.69) is 62.9 Å². The lowest BCUT2D eigenvalue weighted by Crippen LogP contribution is -2.49. The van der Waals surface area contributed by atoms with Crippen LogP contribution in [-0.4, -0.2) is 33.5 Å². The fraction of sp³-hybridized carbons (Fsp3) is 0.543. The van der Waals surface area contributed by atoms with Gasteiger partial charge in [-0.2, -0.15) is 11.8 Å². The highest BCUT2D eigenvalue weighted by Crippen LogP contribution is 2.47. The molecule has 0 bridgehead atoms. The molecule has 5 heteroatoms. The zero-order valence-electron chi connectivity index (χ0n) is 24.9. The highest BCUT2D eigenvalue weighted by Gasteiger charge is 2.57. The van der Waals surface area contributed by atoms with Gasteiger partial charge in [-0.1, -0.05) is 132 Å². The predicted octanol–water partition coefficient (Wildman–Crippen LogP) is 9.70. The van der Waals surface area contributed by atoms with Crippen molar-refractivity contribution in [2.24, 2.45) is 5.92 Å². The number of ether oxygens (including phenoxy) is 1. The fourth-order valence-electron chi connectivity index (χ4n) is 5.69. The summed E-state index contributed by atoms with van der Waals surface area (Å²) in [6.07, 6.45) is 17.4. The van der Waals surface area contributed by atoms with Gasteiger partial charge in [0.2, 0.25) is 5.91 Å². The first kappa shape index (κ1) is 32.4. The Hall–Kier alpha value is -2.11. The molecular weight excluding hydrogens is 531 g/mol. The van der Waals surface area contributed by atoms with Crippen molar-refractivity contribution in [1.29, 1.82) is 0 Å². The van der Waals surface area contributed by atoms with Crippen LogP contribution in [0.3, 0.4) is 0 Å². The van der Waals surface area contributed by atoms with E-state index in [1.807, 2.05) is 42.5 Å². The van der Waals surface area contributed by atoms with E-state index in [4.69, 9.17) is 17.0 Å². The van der Waals surface area contributed by atoms with Crippen molar-refractivity contribution in [2.75, 3.05) is 11.5 Å². The average Bonchev–Trinajstić information content (AvgIpc) is 3.30. The van der Waals surface area contributed by atoms with E-state index < -0.39 is 5.60 Å². The molecule has 218 valence electrons. The average molecular weight is 580 g/mol. The Morgan fingerprint density at radius 1 is 0.875 bits per heavy atom. The van der Waals surface area contributed by atoms with E-state index in [9.17, 15) is 4.79 Å². The Kier molecular flexibility index (Phi) is 14.3. The Balaban J connectivity index is 1.49. The van der Waals surface area contributed by atoms with Gasteiger partial charge in [-0.3, -0.25) is 9.69 Å². The number of hydrogen-bond acceptors (Lipinski definition) is 4. The molecule has 0 unspecified atom stereocenters. The van der Waals surface area contributed by atoms with E-state index in [-0.39, 0.29) is 23.0 Å². The topological polar surface area (TPSA) is 29.5 Å². The minimum Gasteiger partial charge on any atom is -0.452 e. The molecule has 0 aliphatic carbocycles. The summed E-state index contributed by atoms with van der Waals surface area (Å²) < 4.78 is 6.57. The van der Waals surface area contributed by atoms with Gasteiger partial charge in [0.15, 0.2) is 5.60 Å². The quantitative estimate of drug-likeness (QED) is 0.0999. The lowest BCUT2D eigenvalue weighted by Gasteiger charge is -2.38. The number of carbonyl (C=O) groups is 1. The summed E-state index contributed by atoms with van der Waals surface area (Å²) in [5.74, 6) is 2.75. The molecule has 1 aliphatic rings. The van der Waals surface area contributed by atoms with Crippen molar-refractivity contribution in [3.8, 4) is 0 Å². The van der Waals surface area contributed by atoms with Gasteiger partial charge in [0, 0.05) is 17.5 Å². The van der Waals surface area contributed by atoms with Crippen LogP contribution in [0, 0.1) is 5.92 Å². The summed E-state index contributed by atoms with van der Waals surface area (Å²) in [6, 6.07) is 20.1. The molecule has 1 atom stereocenters. The summed E-state index contributed by atoms with van der Waals surface area (Å²) in [4.78, 5) is 15.3. The van der Waals surface area contributed by atoms with Crippen LogP contribution < -0.4 is 0 Å². The molecule has 2 aromatic carbocycles. The molecular formula is C35H49NO2S2. The summed E-state index contributed by atoms with van der Waals surface area (Å²) in [6.45, 7) is 6.56. The fourth-order valence-corrected chi connectivity index (χ4v) is 7.06. The molecule has 1 saturated heterocycles. The van der Waals surface area contributed by atoms with E-state index in [1.165, 1.54) is 69.3 Å². The van der Waals surface area contributed by atoms with Gasteiger partial charge in [0.05, 0.1) is 6.04 Å². The highest BCUT2D eigenvalue weighted by atomic mass is 32.2. The van der Waals surface area contributed by atoms with Crippen LogP contribution in [0.15, 0.2) is 72.8 Å². The van der Waals surface area contributed by atoms with Crippen LogP contribution in [-0.2, 0) is 15.1 Å². The smallest absolute Gasteiger partial charge is 0.267 e. The molecule has 0 spiro atoms. The summed E-state index contributed by atoms with van der Waals surface area (Å²) >= 11 is 7.85. The van der Waals surface area contributed by atoms with Crippen molar-refractivity contribution in [1.82, 2.24) is 4.90 Å². The minimum atomic E-state index is -0.833. The molecule has 3 rings (SSSR count). The van der Waals surface area contributed by atoms with E-state index in [0.717, 1.165) is 17.5 Å². The third-order valence-corrected chi connectivity index (χ3v) is 9.14. The van der Waals surface area contributed by atoms with Crippen LogP contribution in [0.2, 0.25) is 0 Å². The van der Waals surface area contributed by atoms with E-state index in [0.29, 0.717) is 6.42 Å². The molecule has 0 aromatic heterocycles. The second-order valence-corrected chi connectivity index (χ2v) is 12.8. The van der Waals surface area contributed by atoms with E-state index in [1.54, 1.807) is 4.90 Å². The number of thioether (sulfide) groups is 1. The van der Waals surface area contributed by atoms with Crippen LogP contribution in [0.1, 0.15) is 103 Å². The van der Waals surface area contributed by atoms with E-state index >= 15 is 0 Å². The van der Waals surface area contributed by atoms with Gasteiger partial charge in [0.25, 0.3) is 5.17 Å². The number of rotatable bonds is 18. The standard InChI is InChI=1S/C35H49NO2S2/c1-4-5-6-11-20-27-40-28-21-12-9-7-8-10-19-26-32(37)36-33(29(2)3)35(38-34(36)39,30-22-15-13-16-23-30)31-24-17-14-18-25-31/h10,13-19,22-25,29,33H,4-9,11-12,20-21,26-28H2,1-3H3/b19-10+/t33-/m0/s1. The number of carbonyl (C=O) groups excluding carboxylic acids is 1. The Bertz CT molecular complexity index is 998. The normalized spacial score (nSPS) is 16.6. The van der Waals surface area contributed by atoms with Gasteiger partial charge in [-0.05, 0) is 55.3 Å². The van der Waals surface area contributed by atoms with Crippen LogP contribution in [0.4, 0.5) is 0 Å². The van der Waals surface area contributed by atoms with Crippen molar-refractivity contribution in [3.63, 3.8) is 0 Å². The second kappa shape index (κ2) is 17.6. The number of hydrogen-bond donors (Lipinski definition) is 0. The summed E-state index contributed by atoms with van der Waals surface area (Å²) in [5.41, 5.74) is 1.19. The Morgan fingerprint density at radius 2 is 1.43 bits per heavy atom. The molecule has 2 aromatic rings. The third kappa shape index (κ3) is 8.94. The zero-order valence-corrected chi connectivity index (χ0v) is 26.5. The first-order valence-electron chi connectivity index (χ1n) is 15.4. The van der Waals surface area contributed by atoms with Crippen LogP contribution in [0.5, 0.6) is 0 Å². The number of unbranched alkanes of at least 4 members (excludes halogenated alkanes) is 8. The number of thiocarbonyl (C=S) groups is 1. The number of allylic oxidation sites excluding steroid dienone is 1. The van der Waals surface area contributed by atoms with Crippen LogP contribution in [0.25, 0.3) is 0 Å². The molecule has 40 heavy (non-hydrogen) atoms. The maximum Gasteiger partial charge on any atom is 0.267 e. The van der Waals surface area contributed by atoms with Crippen LogP contribution >= 0.6 is 24.0 Å². The molecule has 3 nitrogen and oxygen atoms in total. The van der Waals surface area contributed by atoms with Gasteiger partial charge < -0.3 is 4.74 Å². The Morgan fingerprint density at radius 3 is 1.98 bits per heavy atom. The van der Waals surface area contributed by atoms with Crippen molar-refractivity contribution >= 4 is 35.1 Å². The SMILES string of the molecule is CCCCCCCSCCCCCC/C=C/CC(=O)N1C(=S)OC(c2ccccc2)(c2ccccc2)[C@@H]1C(C)C. The number of amides is 1. The van der Waals surface area contributed by atoms with Crippen molar-refractivity contribution in [2.45, 2.75) is 103 Å². The van der Waals surface area contributed by atoms with Gasteiger partial charge >= 0.3 is 0 Å². The molecule has 0 saturated carbocycles. The lowest BCUT2D eigenvalue weighted by molar-refractivity contribution is -0.128. The van der Waals surface area contributed by atoms with Gasteiger partial charge in [-0.15, -0.1) is 0 Å². The van der Waals surface area contributed by atoms with Gasteiger partial charge in [0.1, 0.15) is 0 Å². The number of nitrogens with zero attached hydrogens (tertiary/aromatic N) is 1. The molecule has 1 fully saturated rings. The Labute approximate surface area is 253 Å². The minimum absolute atomic E-state index is 0.000376. The monoisotopic (exact) mass is 579 g/mol. The first-order chi connectivity index (χ1) is 19.5. The highest BCUT2D eigenvalue weighted by molar-refractivity contribution is 7.99. The maximum atomic E-state index is 13.6. The van der Waals surface area contributed by atoms with Crippen molar-refractivity contribution in [3.05, 3.63) is 83.9 Å². The summed E-state index contributed by atoms with van der Waals surface area (Å²) in [7, 11) is 0. The number of benzene rings is 2. The molecule has 1 amide bonds. The summed E-state index contributed by atoms with van der Waals surface area (Å²) in [5, 5.41) is 0.267. The molecule has 0 radical (unpaired) electrons. The predicted molar refractivity (Wildman–Crippen MR) is 176 cm³/mol. The molecule has 1 aliphatic heterocycles. The molecule has 1 heterocycles. The first-order valence-corrected chi connectivity index (χ1v) is 17.0. The van der Waals surface area contributed by atoms with Crippen molar-refractivity contribution < 1.29 is 9.53 Å². The maximum absolute atomic E-state index is 13.6. The van der Waals surface area contributed by atoms with Gasteiger partial charge in [-0.25, -0.2) is 0 Å². The largest absolute Gasteiger partial charge is 0.452 e.